The molecule has 142 valence electrons. The van der Waals surface area contributed by atoms with Gasteiger partial charge in [-0.05, 0) is 46.2 Å². The second kappa shape index (κ2) is 7.18. The minimum Gasteiger partial charge on any atom is -0.484 e. The number of nitrogens with zero attached hydrogens (tertiary/aromatic N) is 2. The van der Waals surface area contributed by atoms with Crippen molar-refractivity contribution in [2.45, 2.75) is 59.0 Å². The third-order valence-corrected chi connectivity index (χ3v) is 4.48. The molecule has 0 fully saturated rings. The first kappa shape index (κ1) is 19.2. The Kier molecular flexibility index (Phi) is 5.09. The largest absolute Gasteiger partial charge is 0.484 e. The molecule has 0 aliphatic carbocycles. The van der Waals surface area contributed by atoms with E-state index in [-0.39, 0.29) is 17.4 Å². The van der Waals surface area contributed by atoms with Crippen LogP contribution in [0.3, 0.4) is 0 Å². The maximum Gasteiger partial charge on any atom is 0.254 e. The van der Waals surface area contributed by atoms with E-state index in [1.807, 2.05) is 30.3 Å². The SMILES string of the molecule is CC(C)(C)c1cc(-c2nnc(COc3ccccc3)o2)cc(C(C)(C)C)c1. The van der Waals surface area contributed by atoms with E-state index in [0.717, 1.165) is 11.3 Å². The van der Waals surface area contributed by atoms with Crippen LogP contribution in [0.2, 0.25) is 0 Å². The number of aromatic nitrogens is 2. The van der Waals surface area contributed by atoms with E-state index in [2.05, 4.69) is 69.9 Å². The Bertz CT molecular complexity index is 868. The Morgan fingerprint density at radius 2 is 1.41 bits per heavy atom. The zero-order chi connectivity index (χ0) is 19.7. The quantitative estimate of drug-likeness (QED) is 0.577. The standard InChI is InChI=1S/C23H28N2O2/c1-22(2,3)17-12-16(13-18(14-17)23(4,5)6)21-25-24-20(27-21)15-26-19-10-8-7-9-11-19/h7-14H,15H2,1-6H3. The van der Waals surface area contributed by atoms with Crippen molar-refractivity contribution in [3.8, 4) is 17.2 Å². The fraction of sp³-hybridized carbons (Fsp3) is 0.391. The van der Waals surface area contributed by atoms with E-state index in [4.69, 9.17) is 9.15 Å². The maximum absolute atomic E-state index is 5.88. The van der Waals surface area contributed by atoms with Gasteiger partial charge < -0.3 is 9.15 Å². The van der Waals surface area contributed by atoms with Gasteiger partial charge in [0.2, 0.25) is 5.89 Å². The van der Waals surface area contributed by atoms with Crippen molar-refractivity contribution >= 4 is 0 Å². The van der Waals surface area contributed by atoms with Crippen LogP contribution in [-0.2, 0) is 17.4 Å². The highest BCUT2D eigenvalue weighted by atomic mass is 16.5. The van der Waals surface area contributed by atoms with Crippen LogP contribution in [0.4, 0.5) is 0 Å². The topological polar surface area (TPSA) is 48.2 Å². The summed E-state index contributed by atoms with van der Waals surface area (Å²) < 4.78 is 11.6. The molecule has 1 heterocycles. The maximum atomic E-state index is 5.88. The van der Waals surface area contributed by atoms with E-state index in [0.29, 0.717) is 11.8 Å². The number of benzene rings is 2. The van der Waals surface area contributed by atoms with Crippen molar-refractivity contribution in [3.63, 3.8) is 0 Å². The van der Waals surface area contributed by atoms with Crippen LogP contribution in [0.15, 0.2) is 52.9 Å². The van der Waals surface area contributed by atoms with Crippen LogP contribution in [-0.4, -0.2) is 10.2 Å². The van der Waals surface area contributed by atoms with Gasteiger partial charge in [-0.2, -0.15) is 0 Å². The van der Waals surface area contributed by atoms with Crippen LogP contribution >= 0.6 is 0 Å². The third kappa shape index (κ3) is 4.76. The molecule has 0 unspecified atom stereocenters. The molecular formula is C23H28N2O2. The van der Waals surface area contributed by atoms with E-state index in [9.17, 15) is 0 Å². The highest BCUT2D eigenvalue weighted by Gasteiger charge is 2.22. The van der Waals surface area contributed by atoms with Crippen LogP contribution in [0.1, 0.15) is 58.6 Å². The first-order valence-electron chi connectivity index (χ1n) is 9.29. The Labute approximate surface area is 161 Å². The molecular weight excluding hydrogens is 336 g/mol. The molecule has 3 rings (SSSR count). The molecule has 0 aliphatic rings. The summed E-state index contributed by atoms with van der Waals surface area (Å²) in [4.78, 5) is 0. The molecule has 0 radical (unpaired) electrons. The minimum atomic E-state index is 0.0370. The van der Waals surface area contributed by atoms with Crippen molar-refractivity contribution in [3.05, 3.63) is 65.5 Å². The molecule has 0 atom stereocenters. The molecule has 1 aromatic heterocycles. The molecule has 0 bridgehead atoms. The zero-order valence-electron chi connectivity index (χ0n) is 17.0. The summed E-state index contributed by atoms with van der Waals surface area (Å²) in [6.45, 7) is 13.5. The van der Waals surface area contributed by atoms with Gasteiger partial charge in [-0.3, -0.25) is 0 Å². The average Bonchev–Trinajstić information content (AvgIpc) is 3.08. The predicted molar refractivity (Wildman–Crippen MR) is 108 cm³/mol. The lowest BCUT2D eigenvalue weighted by atomic mass is 9.79. The van der Waals surface area contributed by atoms with Crippen molar-refractivity contribution in [2.75, 3.05) is 0 Å². The summed E-state index contributed by atoms with van der Waals surface area (Å²) in [5.74, 6) is 1.77. The predicted octanol–water partition coefficient (Wildman–Crippen LogP) is 5.91. The zero-order valence-corrected chi connectivity index (χ0v) is 17.0. The lowest BCUT2D eigenvalue weighted by Gasteiger charge is -2.25. The van der Waals surface area contributed by atoms with E-state index < -0.39 is 0 Å². The smallest absolute Gasteiger partial charge is 0.254 e. The van der Waals surface area contributed by atoms with Crippen LogP contribution in [0, 0.1) is 0 Å². The number of hydrogen-bond acceptors (Lipinski definition) is 4. The lowest BCUT2D eigenvalue weighted by molar-refractivity contribution is 0.264. The van der Waals surface area contributed by atoms with Crippen molar-refractivity contribution < 1.29 is 9.15 Å². The number of rotatable bonds is 4. The Balaban J connectivity index is 1.88. The molecule has 3 aromatic rings. The van der Waals surface area contributed by atoms with Gasteiger partial charge in [0.05, 0.1) is 0 Å². The van der Waals surface area contributed by atoms with Gasteiger partial charge >= 0.3 is 0 Å². The fourth-order valence-electron chi connectivity index (χ4n) is 2.71. The average molecular weight is 364 g/mol. The molecule has 0 aliphatic heterocycles. The van der Waals surface area contributed by atoms with E-state index in [1.165, 1.54) is 11.1 Å². The summed E-state index contributed by atoms with van der Waals surface area (Å²) in [5, 5.41) is 8.40. The summed E-state index contributed by atoms with van der Waals surface area (Å²) >= 11 is 0. The van der Waals surface area contributed by atoms with Crippen molar-refractivity contribution in [1.82, 2.24) is 10.2 Å². The normalized spacial score (nSPS) is 12.2. The minimum absolute atomic E-state index is 0.0370. The molecule has 4 nitrogen and oxygen atoms in total. The van der Waals surface area contributed by atoms with Crippen LogP contribution in [0.25, 0.3) is 11.5 Å². The first-order chi connectivity index (χ1) is 12.6. The van der Waals surface area contributed by atoms with Gasteiger partial charge in [0.15, 0.2) is 6.61 Å². The summed E-state index contributed by atoms with van der Waals surface area (Å²) in [7, 11) is 0. The van der Waals surface area contributed by atoms with Gasteiger partial charge in [0.1, 0.15) is 5.75 Å². The van der Waals surface area contributed by atoms with Crippen molar-refractivity contribution in [1.29, 1.82) is 0 Å². The fourth-order valence-corrected chi connectivity index (χ4v) is 2.71. The van der Waals surface area contributed by atoms with Crippen LogP contribution < -0.4 is 4.74 Å². The lowest BCUT2D eigenvalue weighted by Crippen LogP contribution is -2.16. The molecule has 2 aromatic carbocycles. The molecule has 4 heteroatoms. The van der Waals surface area contributed by atoms with Crippen molar-refractivity contribution in [2.24, 2.45) is 0 Å². The summed E-state index contributed by atoms with van der Waals surface area (Å²) in [6, 6.07) is 16.2. The Morgan fingerprint density at radius 3 is 1.96 bits per heavy atom. The van der Waals surface area contributed by atoms with E-state index >= 15 is 0 Å². The highest BCUT2D eigenvalue weighted by molar-refractivity contribution is 5.57. The molecule has 0 saturated carbocycles. The van der Waals surface area contributed by atoms with Gasteiger partial charge in [0, 0.05) is 5.56 Å². The third-order valence-electron chi connectivity index (χ3n) is 4.48. The monoisotopic (exact) mass is 364 g/mol. The van der Waals surface area contributed by atoms with E-state index in [1.54, 1.807) is 0 Å². The summed E-state index contributed by atoms with van der Waals surface area (Å²) in [5.41, 5.74) is 3.53. The first-order valence-corrected chi connectivity index (χ1v) is 9.29. The number of ether oxygens (including phenoxy) is 1. The van der Waals surface area contributed by atoms with Gasteiger partial charge in [-0.1, -0.05) is 65.8 Å². The summed E-state index contributed by atoms with van der Waals surface area (Å²) in [6.07, 6.45) is 0. The highest BCUT2D eigenvalue weighted by Crippen LogP contribution is 2.33. The van der Waals surface area contributed by atoms with Gasteiger partial charge in [-0.25, -0.2) is 0 Å². The van der Waals surface area contributed by atoms with Crippen LogP contribution in [0.5, 0.6) is 5.75 Å². The second-order valence-electron chi connectivity index (χ2n) is 8.90. The molecule has 27 heavy (non-hydrogen) atoms. The second-order valence-corrected chi connectivity index (χ2v) is 8.90. The number of para-hydroxylation sites is 1. The van der Waals surface area contributed by atoms with Gasteiger partial charge in [-0.15, -0.1) is 10.2 Å². The number of hydrogen-bond donors (Lipinski definition) is 0. The molecule has 0 spiro atoms. The Hall–Kier alpha value is -2.62. The Morgan fingerprint density at radius 1 is 0.815 bits per heavy atom. The molecule has 0 amide bonds. The van der Waals surface area contributed by atoms with Gasteiger partial charge in [0.25, 0.3) is 5.89 Å². The molecule has 0 saturated heterocycles. The molecule has 0 N–H and O–H groups in total.